The zero-order chi connectivity index (χ0) is 13.7. The molecule has 1 aromatic rings. The molecular formula is C13H18BrNO3. The molecule has 2 N–H and O–H groups in total. The van der Waals surface area contributed by atoms with Gasteiger partial charge in [0.25, 0.3) is 0 Å². The van der Waals surface area contributed by atoms with E-state index < -0.39 is 0 Å². The molecule has 0 radical (unpaired) electrons. The summed E-state index contributed by atoms with van der Waals surface area (Å²) in [5, 5.41) is 12.9. The second kappa shape index (κ2) is 6.75. The Kier molecular flexibility index (Phi) is 5.62. The van der Waals surface area contributed by atoms with Crippen LogP contribution in [0.5, 0.6) is 5.75 Å². The topological polar surface area (TPSA) is 58.6 Å². The molecule has 0 aliphatic carbocycles. The number of hydrogen-bond donors (Lipinski definition) is 2. The van der Waals surface area contributed by atoms with Crippen LogP contribution in [0.2, 0.25) is 0 Å². The van der Waals surface area contributed by atoms with E-state index in [1.54, 1.807) is 6.07 Å². The molecule has 0 saturated heterocycles. The molecule has 0 unspecified atom stereocenters. The average molecular weight is 316 g/mol. The maximum absolute atomic E-state index is 11.6. The summed E-state index contributed by atoms with van der Waals surface area (Å²) in [6.07, 6.45) is 0. The first-order valence-corrected chi connectivity index (χ1v) is 6.54. The fraction of sp³-hybridized carbons (Fsp3) is 0.462. The van der Waals surface area contributed by atoms with E-state index in [-0.39, 0.29) is 23.7 Å². The van der Waals surface area contributed by atoms with Gasteiger partial charge < -0.3 is 9.84 Å². The quantitative estimate of drug-likeness (QED) is 0.819. The number of aromatic hydroxyl groups is 1. The van der Waals surface area contributed by atoms with Crippen molar-refractivity contribution in [1.29, 1.82) is 0 Å². The van der Waals surface area contributed by atoms with E-state index >= 15 is 0 Å². The highest BCUT2D eigenvalue weighted by Gasteiger charge is 2.22. The van der Waals surface area contributed by atoms with E-state index in [2.05, 4.69) is 21.2 Å². The third-order valence-electron chi connectivity index (χ3n) is 2.70. The Labute approximate surface area is 115 Å². The van der Waals surface area contributed by atoms with Gasteiger partial charge in [0, 0.05) is 12.1 Å². The van der Waals surface area contributed by atoms with Gasteiger partial charge in [0.15, 0.2) is 0 Å². The van der Waals surface area contributed by atoms with Crippen LogP contribution in [0.4, 0.5) is 0 Å². The Bertz CT molecular complexity index is 421. The molecule has 18 heavy (non-hydrogen) atoms. The van der Waals surface area contributed by atoms with Crippen molar-refractivity contribution in [3.05, 3.63) is 28.2 Å². The van der Waals surface area contributed by atoms with Gasteiger partial charge in [0.1, 0.15) is 11.8 Å². The molecule has 0 heterocycles. The highest BCUT2D eigenvalue weighted by atomic mass is 79.9. The number of ether oxygens (including phenoxy) is 1. The van der Waals surface area contributed by atoms with Crippen molar-refractivity contribution in [2.45, 2.75) is 26.4 Å². The van der Waals surface area contributed by atoms with E-state index in [0.29, 0.717) is 11.0 Å². The molecule has 5 heteroatoms. The third-order valence-corrected chi connectivity index (χ3v) is 3.34. The second-order valence-corrected chi connectivity index (χ2v) is 5.23. The number of rotatable bonds is 5. The summed E-state index contributed by atoms with van der Waals surface area (Å²) >= 11 is 3.26. The van der Waals surface area contributed by atoms with Crippen LogP contribution in [-0.2, 0) is 16.1 Å². The molecule has 100 valence electrons. The molecule has 0 spiro atoms. The van der Waals surface area contributed by atoms with E-state index in [9.17, 15) is 9.90 Å². The number of hydrogen-bond acceptors (Lipinski definition) is 4. The summed E-state index contributed by atoms with van der Waals surface area (Å²) < 4.78 is 5.38. The molecule has 0 aromatic heterocycles. The number of nitrogens with one attached hydrogen (secondary N) is 1. The maximum atomic E-state index is 11.6. The molecule has 1 aromatic carbocycles. The van der Waals surface area contributed by atoms with Crippen molar-refractivity contribution in [2.24, 2.45) is 5.92 Å². The molecule has 0 bridgehead atoms. The predicted molar refractivity (Wildman–Crippen MR) is 73.3 cm³/mol. The van der Waals surface area contributed by atoms with Gasteiger partial charge in [-0.1, -0.05) is 26.0 Å². The van der Waals surface area contributed by atoms with Crippen LogP contribution in [-0.4, -0.2) is 24.2 Å². The molecule has 0 saturated carbocycles. The molecule has 1 rings (SSSR count). The van der Waals surface area contributed by atoms with Crippen LogP contribution in [0.1, 0.15) is 19.4 Å². The van der Waals surface area contributed by atoms with Crippen molar-refractivity contribution in [1.82, 2.24) is 5.32 Å². The fourth-order valence-electron chi connectivity index (χ4n) is 1.64. The molecule has 4 nitrogen and oxygen atoms in total. The lowest BCUT2D eigenvalue weighted by atomic mass is 10.0. The SMILES string of the molecule is COC(=O)[C@@H](NCc1cccc(Br)c1O)C(C)C. The number of methoxy groups -OCH3 is 1. The van der Waals surface area contributed by atoms with Gasteiger partial charge in [-0.3, -0.25) is 10.1 Å². The summed E-state index contributed by atoms with van der Waals surface area (Å²) in [7, 11) is 1.37. The Morgan fingerprint density at radius 1 is 1.50 bits per heavy atom. The molecule has 0 aliphatic rings. The van der Waals surface area contributed by atoms with Crippen molar-refractivity contribution in [3.8, 4) is 5.75 Å². The zero-order valence-electron chi connectivity index (χ0n) is 10.7. The summed E-state index contributed by atoms with van der Waals surface area (Å²) in [5.41, 5.74) is 0.735. The minimum Gasteiger partial charge on any atom is -0.506 e. The average Bonchev–Trinajstić information content (AvgIpc) is 2.33. The zero-order valence-corrected chi connectivity index (χ0v) is 12.3. The smallest absolute Gasteiger partial charge is 0.323 e. The van der Waals surface area contributed by atoms with Gasteiger partial charge in [-0.25, -0.2) is 0 Å². The first kappa shape index (κ1) is 15.0. The lowest BCUT2D eigenvalue weighted by molar-refractivity contribution is -0.144. The Hall–Kier alpha value is -1.07. The summed E-state index contributed by atoms with van der Waals surface area (Å²) in [6.45, 7) is 4.29. The summed E-state index contributed by atoms with van der Waals surface area (Å²) in [6, 6.07) is 5.03. The molecule has 0 aliphatic heterocycles. The number of benzene rings is 1. The normalized spacial score (nSPS) is 12.5. The minimum absolute atomic E-state index is 0.117. The summed E-state index contributed by atoms with van der Waals surface area (Å²) in [4.78, 5) is 11.6. The number of esters is 1. The van der Waals surface area contributed by atoms with Gasteiger partial charge in [-0.2, -0.15) is 0 Å². The van der Waals surface area contributed by atoms with Crippen LogP contribution >= 0.6 is 15.9 Å². The van der Waals surface area contributed by atoms with Crippen molar-refractivity contribution in [2.75, 3.05) is 7.11 Å². The monoisotopic (exact) mass is 315 g/mol. The van der Waals surface area contributed by atoms with Crippen LogP contribution in [0.25, 0.3) is 0 Å². The molecule has 0 fully saturated rings. The first-order chi connectivity index (χ1) is 8.47. The van der Waals surface area contributed by atoms with Crippen LogP contribution < -0.4 is 5.32 Å². The van der Waals surface area contributed by atoms with Gasteiger partial charge in [0.05, 0.1) is 11.6 Å². The standard InChI is InChI=1S/C13H18BrNO3/c1-8(2)11(13(17)18-3)15-7-9-5-4-6-10(14)12(9)16/h4-6,8,11,15-16H,7H2,1-3H3/t11-/m0/s1. The lowest BCUT2D eigenvalue weighted by Gasteiger charge is -2.20. The van der Waals surface area contributed by atoms with Gasteiger partial charge >= 0.3 is 5.97 Å². The van der Waals surface area contributed by atoms with E-state index in [1.165, 1.54) is 7.11 Å². The fourth-order valence-corrected chi connectivity index (χ4v) is 2.05. The van der Waals surface area contributed by atoms with E-state index in [4.69, 9.17) is 4.74 Å². The van der Waals surface area contributed by atoms with Crippen molar-refractivity contribution in [3.63, 3.8) is 0 Å². The number of carbonyl (C=O) groups is 1. The second-order valence-electron chi connectivity index (χ2n) is 4.37. The molecule has 1 atom stereocenters. The van der Waals surface area contributed by atoms with Crippen molar-refractivity contribution >= 4 is 21.9 Å². The predicted octanol–water partition coefficient (Wildman–Crippen LogP) is 2.44. The number of para-hydroxylation sites is 1. The molecular weight excluding hydrogens is 298 g/mol. The minimum atomic E-state index is -0.381. The number of halogens is 1. The van der Waals surface area contributed by atoms with Crippen LogP contribution in [0.15, 0.2) is 22.7 Å². The van der Waals surface area contributed by atoms with E-state index in [1.807, 2.05) is 26.0 Å². The van der Waals surface area contributed by atoms with Gasteiger partial charge in [0.2, 0.25) is 0 Å². The Morgan fingerprint density at radius 3 is 2.72 bits per heavy atom. The number of phenolic OH excluding ortho intramolecular Hbond substituents is 1. The Morgan fingerprint density at radius 2 is 2.17 bits per heavy atom. The molecule has 0 amide bonds. The lowest BCUT2D eigenvalue weighted by Crippen LogP contribution is -2.41. The van der Waals surface area contributed by atoms with Gasteiger partial charge in [-0.05, 0) is 27.9 Å². The summed E-state index contributed by atoms with van der Waals surface area (Å²) in [5.74, 6) is 0.0172. The highest BCUT2D eigenvalue weighted by molar-refractivity contribution is 9.10. The van der Waals surface area contributed by atoms with Gasteiger partial charge in [-0.15, -0.1) is 0 Å². The maximum Gasteiger partial charge on any atom is 0.323 e. The van der Waals surface area contributed by atoms with Crippen LogP contribution in [0.3, 0.4) is 0 Å². The van der Waals surface area contributed by atoms with Crippen LogP contribution in [0, 0.1) is 5.92 Å². The van der Waals surface area contributed by atoms with Crippen molar-refractivity contribution < 1.29 is 14.6 Å². The number of phenols is 1. The number of carbonyl (C=O) groups excluding carboxylic acids is 1. The first-order valence-electron chi connectivity index (χ1n) is 5.75. The highest BCUT2D eigenvalue weighted by Crippen LogP contribution is 2.27. The largest absolute Gasteiger partial charge is 0.506 e. The van der Waals surface area contributed by atoms with E-state index in [0.717, 1.165) is 5.56 Å². The Balaban J connectivity index is 2.73. The third kappa shape index (κ3) is 3.71.